The molecular weight excluding hydrogens is 194 g/mol. The fraction of sp³-hybridized carbons (Fsp3) is 0.364. The van der Waals surface area contributed by atoms with Crippen molar-refractivity contribution in [3.05, 3.63) is 29.8 Å². The van der Waals surface area contributed by atoms with Crippen LogP contribution in [0.2, 0.25) is 0 Å². The molecule has 4 nitrogen and oxygen atoms in total. The van der Waals surface area contributed by atoms with Gasteiger partial charge in [0.05, 0.1) is 7.11 Å². The molecule has 1 aromatic rings. The summed E-state index contributed by atoms with van der Waals surface area (Å²) in [4.78, 5) is 11.8. The third kappa shape index (κ3) is 3.50. The highest BCUT2D eigenvalue weighted by Gasteiger charge is 2.05. The van der Waals surface area contributed by atoms with E-state index in [0.717, 1.165) is 11.3 Å². The van der Waals surface area contributed by atoms with Crippen LogP contribution in [0, 0.1) is 0 Å². The highest BCUT2D eigenvalue weighted by Crippen LogP contribution is 2.12. The van der Waals surface area contributed by atoms with E-state index in [1.165, 1.54) is 4.90 Å². The third-order valence-electron chi connectivity index (χ3n) is 2.20. The molecule has 4 heteroatoms. The van der Waals surface area contributed by atoms with Gasteiger partial charge in [0, 0.05) is 13.6 Å². The summed E-state index contributed by atoms with van der Waals surface area (Å²) in [6, 6.07) is 7.63. The number of carbonyl (C=O) groups is 1. The molecule has 0 aliphatic carbocycles. The van der Waals surface area contributed by atoms with Crippen LogP contribution in [-0.4, -0.2) is 36.8 Å². The predicted molar refractivity (Wildman–Crippen MR) is 57.4 cm³/mol. The van der Waals surface area contributed by atoms with E-state index in [4.69, 9.17) is 9.84 Å². The van der Waals surface area contributed by atoms with Gasteiger partial charge in [0.25, 0.3) is 0 Å². The molecule has 1 rings (SSSR count). The normalized spacial score (nSPS) is 9.73. The number of hydrogen-bond donors (Lipinski definition) is 1. The van der Waals surface area contributed by atoms with Crippen molar-refractivity contribution in [1.29, 1.82) is 0 Å². The number of ether oxygens (including phenoxy) is 1. The van der Waals surface area contributed by atoms with Gasteiger partial charge < -0.3 is 14.7 Å². The summed E-state index contributed by atoms with van der Waals surface area (Å²) >= 11 is 0. The zero-order valence-corrected chi connectivity index (χ0v) is 8.93. The van der Waals surface area contributed by atoms with E-state index in [9.17, 15) is 4.79 Å². The van der Waals surface area contributed by atoms with Crippen molar-refractivity contribution in [2.24, 2.45) is 0 Å². The summed E-state index contributed by atoms with van der Waals surface area (Å²) in [5.74, 6) is 0.797. The van der Waals surface area contributed by atoms with Crippen LogP contribution < -0.4 is 4.74 Å². The molecule has 0 radical (unpaired) electrons. The van der Waals surface area contributed by atoms with Gasteiger partial charge in [-0.15, -0.1) is 0 Å². The molecule has 0 bridgehead atoms. The molecule has 0 spiro atoms. The van der Waals surface area contributed by atoms with E-state index in [1.807, 2.05) is 24.3 Å². The fourth-order valence-electron chi connectivity index (χ4n) is 1.22. The zero-order chi connectivity index (χ0) is 11.3. The van der Waals surface area contributed by atoms with Crippen LogP contribution in [0.15, 0.2) is 24.3 Å². The third-order valence-corrected chi connectivity index (χ3v) is 2.20. The molecule has 0 heterocycles. The Balaban J connectivity index is 2.53. The second-order valence-electron chi connectivity index (χ2n) is 3.31. The molecule has 0 saturated carbocycles. The second kappa shape index (κ2) is 5.24. The largest absolute Gasteiger partial charge is 0.497 e. The second-order valence-corrected chi connectivity index (χ2v) is 3.31. The maximum absolute atomic E-state index is 10.5. The quantitative estimate of drug-likeness (QED) is 0.823. The number of hydrogen-bond acceptors (Lipinski definition) is 2. The van der Waals surface area contributed by atoms with Gasteiger partial charge in [-0.05, 0) is 24.1 Å². The molecule has 0 atom stereocenters. The number of carboxylic acid groups (broad SMARTS) is 1. The highest BCUT2D eigenvalue weighted by atomic mass is 16.5. The van der Waals surface area contributed by atoms with Gasteiger partial charge in [0.2, 0.25) is 0 Å². The Hall–Kier alpha value is -1.71. The molecule has 0 aliphatic rings. The van der Waals surface area contributed by atoms with E-state index < -0.39 is 6.09 Å². The van der Waals surface area contributed by atoms with Crippen LogP contribution >= 0.6 is 0 Å². The first-order valence-electron chi connectivity index (χ1n) is 4.70. The Bertz CT molecular complexity index is 338. The Kier molecular flexibility index (Phi) is 3.97. The van der Waals surface area contributed by atoms with Gasteiger partial charge in [-0.1, -0.05) is 12.1 Å². The molecule has 0 saturated heterocycles. The number of amides is 1. The number of likely N-dealkylation sites (N-methyl/N-ethyl adjacent to an activating group) is 1. The van der Waals surface area contributed by atoms with Crippen molar-refractivity contribution in [3.63, 3.8) is 0 Å². The highest BCUT2D eigenvalue weighted by molar-refractivity contribution is 5.64. The van der Waals surface area contributed by atoms with Crippen molar-refractivity contribution in [2.45, 2.75) is 6.42 Å². The first-order valence-corrected chi connectivity index (χ1v) is 4.70. The van der Waals surface area contributed by atoms with Gasteiger partial charge in [-0.2, -0.15) is 0 Å². The molecular formula is C11H15NO3. The van der Waals surface area contributed by atoms with Gasteiger partial charge in [0.15, 0.2) is 0 Å². The van der Waals surface area contributed by atoms with Crippen LogP contribution in [0.5, 0.6) is 5.75 Å². The molecule has 0 aliphatic heterocycles. The van der Waals surface area contributed by atoms with Gasteiger partial charge in [-0.25, -0.2) is 4.79 Å². The first kappa shape index (κ1) is 11.4. The lowest BCUT2D eigenvalue weighted by Gasteiger charge is -2.12. The number of rotatable bonds is 4. The van der Waals surface area contributed by atoms with E-state index in [-0.39, 0.29) is 0 Å². The maximum atomic E-state index is 10.5. The predicted octanol–water partition coefficient (Wildman–Crippen LogP) is 1.85. The number of methoxy groups -OCH3 is 1. The maximum Gasteiger partial charge on any atom is 0.407 e. The Morgan fingerprint density at radius 2 is 2.27 bits per heavy atom. The fourth-order valence-corrected chi connectivity index (χ4v) is 1.22. The lowest BCUT2D eigenvalue weighted by Crippen LogP contribution is -2.26. The molecule has 1 N–H and O–H groups in total. The van der Waals surface area contributed by atoms with E-state index in [1.54, 1.807) is 14.2 Å². The Morgan fingerprint density at radius 1 is 1.53 bits per heavy atom. The van der Waals surface area contributed by atoms with Crippen molar-refractivity contribution in [3.8, 4) is 5.75 Å². The SMILES string of the molecule is COc1cccc(CCN(C)C(=O)O)c1. The molecule has 0 unspecified atom stereocenters. The molecule has 15 heavy (non-hydrogen) atoms. The monoisotopic (exact) mass is 209 g/mol. The summed E-state index contributed by atoms with van der Waals surface area (Å²) in [5.41, 5.74) is 1.07. The van der Waals surface area contributed by atoms with Crippen molar-refractivity contribution < 1.29 is 14.6 Å². The molecule has 0 aromatic heterocycles. The van der Waals surface area contributed by atoms with Gasteiger partial charge >= 0.3 is 6.09 Å². The summed E-state index contributed by atoms with van der Waals surface area (Å²) in [6.07, 6.45) is -0.210. The minimum atomic E-state index is -0.905. The lowest BCUT2D eigenvalue weighted by atomic mass is 10.1. The summed E-state index contributed by atoms with van der Waals surface area (Å²) in [5, 5.41) is 8.66. The topological polar surface area (TPSA) is 49.8 Å². The van der Waals surface area contributed by atoms with Crippen molar-refractivity contribution in [1.82, 2.24) is 4.90 Å². The van der Waals surface area contributed by atoms with Crippen molar-refractivity contribution in [2.75, 3.05) is 20.7 Å². The summed E-state index contributed by atoms with van der Waals surface area (Å²) in [7, 11) is 3.17. The molecule has 1 amide bonds. The first-order chi connectivity index (χ1) is 7.13. The Labute approximate surface area is 89.1 Å². The average Bonchev–Trinajstić information content (AvgIpc) is 2.26. The standard InChI is InChI=1S/C11H15NO3/c1-12(11(13)14)7-6-9-4-3-5-10(8-9)15-2/h3-5,8H,6-7H2,1-2H3,(H,13,14). The molecule has 0 fully saturated rings. The van der Waals surface area contributed by atoms with Crippen LogP contribution in [0.25, 0.3) is 0 Å². The van der Waals surface area contributed by atoms with Crippen LogP contribution in [0.3, 0.4) is 0 Å². The molecule has 82 valence electrons. The van der Waals surface area contributed by atoms with E-state index >= 15 is 0 Å². The Morgan fingerprint density at radius 3 is 2.87 bits per heavy atom. The number of nitrogens with zero attached hydrogens (tertiary/aromatic N) is 1. The van der Waals surface area contributed by atoms with Crippen LogP contribution in [-0.2, 0) is 6.42 Å². The minimum Gasteiger partial charge on any atom is -0.497 e. The van der Waals surface area contributed by atoms with Crippen LogP contribution in [0.1, 0.15) is 5.56 Å². The van der Waals surface area contributed by atoms with Crippen LogP contribution in [0.4, 0.5) is 4.79 Å². The average molecular weight is 209 g/mol. The molecule has 1 aromatic carbocycles. The number of benzene rings is 1. The minimum absolute atomic E-state index is 0.489. The summed E-state index contributed by atoms with van der Waals surface area (Å²) in [6.45, 7) is 0.489. The zero-order valence-electron chi connectivity index (χ0n) is 8.93. The lowest BCUT2D eigenvalue weighted by molar-refractivity contribution is 0.156. The van der Waals surface area contributed by atoms with Gasteiger partial charge in [-0.3, -0.25) is 0 Å². The van der Waals surface area contributed by atoms with Gasteiger partial charge in [0.1, 0.15) is 5.75 Å². The smallest absolute Gasteiger partial charge is 0.407 e. The summed E-state index contributed by atoms with van der Waals surface area (Å²) < 4.78 is 5.08. The van der Waals surface area contributed by atoms with E-state index in [0.29, 0.717) is 13.0 Å². The van der Waals surface area contributed by atoms with E-state index in [2.05, 4.69) is 0 Å². The van der Waals surface area contributed by atoms with Crippen molar-refractivity contribution >= 4 is 6.09 Å².